The summed E-state index contributed by atoms with van der Waals surface area (Å²) in [6.07, 6.45) is 3.78. The highest BCUT2D eigenvalue weighted by atomic mass is 19.1. The summed E-state index contributed by atoms with van der Waals surface area (Å²) in [7, 11) is 0. The highest BCUT2D eigenvalue weighted by molar-refractivity contribution is 5.79. The number of hydrogen-bond acceptors (Lipinski definition) is 6. The van der Waals surface area contributed by atoms with Crippen molar-refractivity contribution in [1.29, 1.82) is 0 Å². The van der Waals surface area contributed by atoms with Crippen LogP contribution in [-0.4, -0.2) is 30.8 Å². The lowest BCUT2D eigenvalue weighted by molar-refractivity contribution is 0.0878. The van der Waals surface area contributed by atoms with E-state index in [1.54, 1.807) is 0 Å². The van der Waals surface area contributed by atoms with Gasteiger partial charge in [0.2, 0.25) is 17.6 Å². The first-order valence-electron chi connectivity index (χ1n) is 8.81. The molecule has 0 spiro atoms. The Bertz CT molecular complexity index is 1030. The van der Waals surface area contributed by atoms with Crippen LogP contribution in [0.2, 0.25) is 0 Å². The van der Waals surface area contributed by atoms with Gasteiger partial charge in [-0.05, 0) is 37.3 Å². The standard InChI is InChI=1S/C18H18FN5O3/c1-10-2-4-12-14(8-10)24(22-18(12)26)16(25)7-6-15-21-17(23-27-15)13-5-3-11(19)9-20-13/h3,5,9-10H,2,4,6-8H2,1H3,(H,22,26). The molecule has 3 aromatic heterocycles. The van der Waals surface area contributed by atoms with Crippen LogP contribution in [0.1, 0.15) is 41.7 Å². The zero-order valence-corrected chi connectivity index (χ0v) is 14.7. The van der Waals surface area contributed by atoms with Gasteiger partial charge in [0.05, 0.1) is 11.9 Å². The number of nitrogens with one attached hydrogen (secondary N) is 1. The SMILES string of the molecule is CC1CCc2c(n(C(=O)CCc3nc(-c4ccc(F)cn4)no3)[nH]c2=O)C1. The minimum absolute atomic E-state index is 0.115. The molecule has 0 aliphatic heterocycles. The van der Waals surface area contributed by atoms with E-state index in [9.17, 15) is 14.0 Å². The van der Waals surface area contributed by atoms with E-state index >= 15 is 0 Å². The maximum absolute atomic E-state index is 12.9. The molecular weight excluding hydrogens is 353 g/mol. The van der Waals surface area contributed by atoms with Crippen molar-refractivity contribution < 1.29 is 13.7 Å². The molecule has 3 aromatic rings. The second-order valence-corrected chi connectivity index (χ2v) is 6.82. The fourth-order valence-electron chi connectivity index (χ4n) is 3.30. The van der Waals surface area contributed by atoms with Gasteiger partial charge in [0.25, 0.3) is 5.56 Å². The van der Waals surface area contributed by atoms with Crippen LogP contribution in [-0.2, 0) is 19.3 Å². The molecule has 0 saturated heterocycles. The molecule has 0 amide bonds. The molecule has 0 bridgehead atoms. The topological polar surface area (TPSA) is 107 Å². The highest BCUT2D eigenvalue weighted by Crippen LogP contribution is 2.23. The summed E-state index contributed by atoms with van der Waals surface area (Å²) in [5, 5.41) is 6.45. The molecule has 1 atom stereocenters. The van der Waals surface area contributed by atoms with Gasteiger partial charge in [0.1, 0.15) is 11.5 Å². The Labute approximate surface area is 153 Å². The van der Waals surface area contributed by atoms with Gasteiger partial charge in [0.15, 0.2) is 0 Å². The molecule has 1 aliphatic rings. The van der Waals surface area contributed by atoms with Gasteiger partial charge in [-0.25, -0.2) is 14.1 Å². The molecule has 3 heterocycles. The lowest BCUT2D eigenvalue weighted by atomic mass is 9.89. The molecule has 27 heavy (non-hydrogen) atoms. The second-order valence-electron chi connectivity index (χ2n) is 6.82. The van der Waals surface area contributed by atoms with E-state index in [1.807, 2.05) is 0 Å². The number of halogens is 1. The molecule has 0 aromatic carbocycles. The average molecular weight is 371 g/mol. The quantitative estimate of drug-likeness (QED) is 0.753. The Morgan fingerprint density at radius 3 is 3.07 bits per heavy atom. The summed E-state index contributed by atoms with van der Waals surface area (Å²) in [5.74, 6) is 0.279. The van der Waals surface area contributed by atoms with Crippen LogP contribution < -0.4 is 5.56 Å². The van der Waals surface area contributed by atoms with Crippen LogP contribution in [0.4, 0.5) is 4.39 Å². The van der Waals surface area contributed by atoms with Crippen molar-refractivity contribution in [3.8, 4) is 11.5 Å². The van der Waals surface area contributed by atoms with Crippen molar-refractivity contribution in [2.75, 3.05) is 0 Å². The molecule has 0 saturated carbocycles. The first-order chi connectivity index (χ1) is 13.0. The van der Waals surface area contributed by atoms with Gasteiger partial charge in [-0.1, -0.05) is 12.1 Å². The van der Waals surface area contributed by atoms with Crippen molar-refractivity contribution in [3.05, 3.63) is 51.6 Å². The Hall–Kier alpha value is -3.10. The number of aromatic amines is 1. The summed E-state index contributed by atoms with van der Waals surface area (Å²) in [5.41, 5.74) is 1.69. The van der Waals surface area contributed by atoms with Gasteiger partial charge in [-0.3, -0.25) is 14.7 Å². The van der Waals surface area contributed by atoms with Crippen molar-refractivity contribution in [2.24, 2.45) is 5.92 Å². The normalized spacial score (nSPS) is 16.3. The number of carbonyl (C=O) groups is 1. The predicted octanol–water partition coefficient (Wildman–Crippen LogP) is 2.16. The number of nitrogens with zero attached hydrogens (tertiary/aromatic N) is 4. The molecule has 9 heteroatoms. The number of pyridine rings is 1. The van der Waals surface area contributed by atoms with Crippen molar-refractivity contribution >= 4 is 5.91 Å². The summed E-state index contributed by atoms with van der Waals surface area (Å²) in [6, 6.07) is 2.71. The van der Waals surface area contributed by atoms with Crippen molar-refractivity contribution in [2.45, 2.75) is 39.0 Å². The summed E-state index contributed by atoms with van der Waals surface area (Å²) < 4.78 is 19.4. The van der Waals surface area contributed by atoms with E-state index in [0.717, 1.165) is 18.3 Å². The predicted molar refractivity (Wildman–Crippen MR) is 92.7 cm³/mol. The lowest BCUT2D eigenvalue weighted by Crippen LogP contribution is -2.20. The minimum Gasteiger partial charge on any atom is -0.339 e. The van der Waals surface area contributed by atoms with E-state index in [2.05, 4.69) is 27.1 Å². The third kappa shape index (κ3) is 3.44. The highest BCUT2D eigenvalue weighted by Gasteiger charge is 2.25. The van der Waals surface area contributed by atoms with Gasteiger partial charge in [-0.2, -0.15) is 4.98 Å². The molecule has 1 unspecified atom stereocenters. The van der Waals surface area contributed by atoms with Gasteiger partial charge < -0.3 is 4.52 Å². The smallest absolute Gasteiger partial charge is 0.267 e. The zero-order valence-electron chi connectivity index (χ0n) is 14.7. The number of hydrogen-bond donors (Lipinski definition) is 1. The second kappa shape index (κ2) is 6.90. The Balaban J connectivity index is 1.46. The van der Waals surface area contributed by atoms with Crippen molar-refractivity contribution in [3.63, 3.8) is 0 Å². The van der Waals surface area contributed by atoms with E-state index < -0.39 is 5.82 Å². The minimum atomic E-state index is -0.452. The fraction of sp³-hybridized carbons (Fsp3) is 0.389. The third-order valence-electron chi connectivity index (χ3n) is 4.76. The van der Waals surface area contributed by atoms with E-state index in [-0.39, 0.29) is 36.0 Å². The maximum atomic E-state index is 12.9. The van der Waals surface area contributed by atoms with Crippen LogP contribution >= 0.6 is 0 Å². The molecular formula is C18H18FN5O3. The van der Waals surface area contributed by atoms with Gasteiger partial charge >= 0.3 is 0 Å². The Morgan fingerprint density at radius 2 is 2.30 bits per heavy atom. The fourth-order valence-corrected chi connectivity index (χ4v) is 3.30. The zero-order chi connectivity index (χ0) is 19.0. The molecule has 140 valence electrons. The molecule has 0 radical (unpaired) electrons. The number of rotatable bonds is 4. The van der Waals surface area contributed by atoms with Crippen LogP contribution in [0.3, 0.4) is 0 Å². The molecule has 1 N–H and O–H groups in total. The number of aromatic nitrogens is 5. The number of H-pyrrole nitrogens is 1. The van der Waals surface area contributed by atoms with E-state index in [1.165, 1.54) is 16.8 Å². The van der Waals surface area contributed by atoms with Crippen molar-refractivity contribution in [1.82, 2.24) is 24.9 Å². The average Bonchev–Trinajstić information content (AvgIpc) is 3.25. The summed E-state index contributed by atoms with van der Waals surface area (Å²) >= 11 is 0. The Kier molecular flexibility index (Phi) is 4.43. The lowest BCUT2D eigenvalue weighted by Gasteiger charge is -2.18. The number of fused-ring (bicyclic) bond motifs is 1. The van der Waals surface area contributed by atoms with E-state index in [0.29, 0.717) is 30.0 Å². The van der Waals surface area contributed by atoms with Crippen LogP contribution in [0.5, 0.6) is 0 Å². The largest absolute Gasteiger partial charge is 0.339 e. The van der Waals surface area contributed by atoms with Gasteiger partial charge in [0, 0.05) is 18.4 Å². The molecule has 4 rings (SSSR count). The first-order valence-corrected chi connectivity index (χ1v) is 8.81. The summed E-state index contributed by atoms with van der Waals surface area (Å²) in [6.45, 7) is 2.11. The molecule has 1 aliphatic carbocycles. The number of aryl methyl sites for hydroxylation is 1. The van der Waals surface area contributed by atoms with Crippen LogP contribution in [0.15, 0.2) is 27.6 Å². The van der Waals surface area contributed by atoms with E-state index in [4.69, 9.17) is 4.52 Å². The van der Waals surface area contributed by atoms with Gasteiger partial charge in [-0.15, -0.1) is 0 Å². The third-order valence-corrected chi connectivity index (χ3v) is 4.76. The Morgan fingerprint density at radius 1 is 1.44 bits per heavy atom. The number of carbonyl (C=O) groups excluding carboxylic acids is 1. The first kappa shape index (κ1) is 17.3. The maximum Gasteiger partial charge on any atom is 0.267 e. The van der Waals surface area contributed by atoms with Crippen LogP contribution in [0, 0.1) is 11.7 Å². The molecule has 0 fully saturated rings. The van der Waals surface area contributed by atoms with Crippen LogP contribution in [0.25, 0.3) is 11.5 Å². The molecule has 8 nitrogen and oxygen atoms in total. The monoisotopic (exact) mass is 371 g/mol. The summed E-state index contributed by atoms with van der Waals surface area (Å²) in [4.78, 5) is 32.7.